The van der Waals surface area contributed by atoms with E-state index in [1.807, 2.05) is 27.6 Å². The summed E-state index contributed by atoms with van der Waals surface area (Å²) in [5.41, 5.74) is 0.258. The Morgan fingerprint density at radius 1 is 1.10 bits per heavy atom. The number of ether oxygens (including phenoxy) is 2. The fourth-order valence-electron chi connectivity index (χ4n) is 5.77. The zero-order chi connectivity index (χ0) is 28.1. The monoisotopic (exact) mass is 553 g/mol. The minimum atomic E-state index is -0.360. The Morgan fingerprint density at radius 3 is 2.67 bits per heavy atom. The Kier molecular flexibility index (Phi) is 8.95. The number of hydrogen-bond donors (Lipinski definition) is 1. The highest BCUT2D eigenvalue weighted by Gasteiger charge is 2.41. The molecule has 0 radical (unpaired) electrons. The van der Waals surface area contributed by atoms with Crippen LogP contribution in [0.3, 0.4) is 0 Å². The van der Waals surface area contributed by atoms with Gasteiger partial charge in [0.2, 0.25) is 17.7 Å². The molecule has 6 heterocycles. The van der Waals surface area contributed by atoms with Crippen molar-refractivity contribution in [2.75, 3.05) is 52.5 Å². The summed E-state index contributed by atoms with van der Waals surface area (Å²) in [5, 5.41) is 3.09. The molecule has 0 aromatic carbocycles. The molecular weight excluding hydrogens is 514 g/mol. The second kappa shape index (κ2) is 12.8. The van der Waals surface area contributed by atoms with Crippen molar-refractivity contribution in [2.45, 2.75) is 44.8 Å². The zero-order valence-electron chi connectivity index (χ0n) is 23.3. The number of hydrogen-bond acceptors (Lipinski definition) is 8. The molecule has 216 valence electrons. The molecule has 2 aromatic heterocycles. The number of nitrogens with one attached hydrogen (secondary N) is 1. The molecule has 1 N–H and O–H groups in total. The summed E-state index contributed by atoms with van der Waals surface area (Å²) >= 11 is 0. The third-order valence-corrected chi connectivity index (χ3v) is 8.08. The van der Waals surface area contributed by atoms with Gasteiger partial charge in [-0.25, -0.2) is 9.97 Å². The number of likely N-dealkylation sites (tertiary alicyclic amines) is 1. The van der Waals surface area contributed by atoms with E-state index in [0.29, 0.717) is 70.7 Å². The third-order valence-electron chi connectivity index (χ3n) is 8.08. The van der Waals surface area contributed by atoms with Crippen molar-refractivity contribution in [1.82, 2.24) is 34.6 Å². The van der Waals surface area contributed by atoms with Crippen molar-refractivity contribution >= 4 is 17.7 Å². The summed E-state index contributed by atoms with van der Waals surface area (Å²) in [7, 11) is 1.94. The number of carbonyl (C=O) groups is 3. The number of nitrogens with zero attached hydrogens (tertiary/aromatic N) is 6. The first-order valence-electron chi connectivity index (χ1n) is 14.1. The number of piperidine rings is 1. The van der Waals surface area contributed by atoms with Gasteiger partial charge in [-0.2, -0.15) is 0 Å². The summed E-state index contributed by atoms with van der Waals surface area (Å²) in [6.07, 6.45) is 5.85. The van der Waals surface area contributed by atoms with Crippen LogP contribution in [0.25, 0.3) is 0 Å². The molecule has 0 unspecified atom stereocenters. The number of fused-ring (bicyclic) bond motifs is 10. The van der Waals surface area contributed by atoms with Crippen LogP contribution in [-0.2, 0) is 27.9 Å². The summed E-state index contributed by atoms with van der Waals surface area (Å²) < 4.78 is 13.4. The van der Waals surface area contributed by atoms with Crippen molar-refractivity contribution < 1.29 is 23.9 Å². The van der Waals surface area contributed by atoms with Gasteiger partial charge in [-0.1, -0.05) is 6.07 Å². The molecule has 12 nitrogen and oxygen atoms in total. The molecule has 0 aliphatic carbocycles. The van der Waals surface area contributed by atoms with Crippen molar-refractivity contribution in [3.05, 3.63) is 42.1 Å². The fourth-order valence-corrected chi connectivity index (χ4v) is 5.77. The Morgan fingerprint density at radius 2 is 1.93 bits per heavy atom. The second-order valence-corrected chi connectivity index (χ2v) is 10.9. The summed E-state index contributed by atoms with van der Waals surface area (Å²) in [5.74, 6) is 1.35. The van der Waals surface area contributed by atoms with E-state index in [4.69, 9.17) is 9.47 Å². The predicted octanol–water partition coefficient (Wildman–Crippen LogP) is 0.684. The van der Waals surface area contributed by atoms with E-state index < -0.39 is 0 Å². The molecule has 2 saturated heterocycles. The number of amides is 3. The third kappa shape index (κ3) is 6.79. The van der Waals surface area contributed by atoms with Crippen LogP contribution in [-0.4, -0.2) is 112 Å². The Balaban J connectivity index is 1.35. The first-order chi connectivity index (χ1) is 19.4. The van der Waals surface area contributed by atoms with Crippen molar-refractivity contribution in [2.24, 2.45) is 13.0 Å². The van der Waals surface area contributed by atoms with E-state index in [9.17, 15) is 14.4 Å². The van der Waals surface area contributed by atoms with Crippen molar-refractivity contribution in [3.8, 4) is 5.88 Å². The fraction of sp³-hybridized carbons (Fsp3) is 0.607. The molecule has 4 aliphatic heterocycles. The van der Waals surface area contributed by atoms with Gasteiger partial charge in [0.05, 0.1) is 25.8 Å². The van der Waals surface area contributed by atoms with E-state index in [0.717, 1.165) is 18.7 Å². The zero-order valence-corrected chi connectivity index (χ0v) is 23.3. The average Bonchev–Trinajstić information content (AvgIpc) is 3.54. The molecule has 4 aliphatic rings. The lowest BCUT2D eigenvalue weighted by Gasteiger charge is -2.37. The molecule has 2 atom stereocenters. The Labute approximate surface area is 234 Å². The van der Waals surface area contributed by atoms with Gasteiger partial charge in [0.25, 0.3) is 5.91 Å². The molecule has 6 rings (SSSR count). The van der Waals surface area contributed by atoms with Gasteiger partial charge in [-0.15, -0.1) is 0 Å². The van der Waals surface area contributed by atoms with Gasteiger partial charge in [-0.05, 0) is 31.2 Å². The predicted molar refractivity (Wildman–Crippen MR) is 145 cm³/mol. The highest BCUT2D eigenvalue weighted by molar-refractivity contribution is 5.92. The van der Waals surface area contributed by atoms with Crippen LogP contribution in [0.4, 0.5) is 0 Å². The molecule has 40 heavy (non-hydrogen) atoms. The smallest absolute Gasteiger partial charge is 0.270 e. The Bertz CT molecular complexity index is 1200. The number of aromatic nitrogens is 3. The van der Waals surface area contributed by atoms with Crippen LogP contribution in [0.15, 0.2) is 30.6 Å². The SMILES string of the molecule is CC(=O)N1CCOCCOc2cccc(n2)C(=O)N[C@H]2C[C@@H](C(=O)N3CCC(CC3)C1)N(Cc1nccn1C)C2. The minimum absolute atomic E-state index is 0.0249. The number of pyridine rings is 1. The molecule has 6 bridgehead atoms. The molecule has 0 spiro atoms. The minimum Gasteiger partial charge on any atom is -0.475 e. The Hall–Kier alpha value is -3.51. The standard InChI is InChI=1S/C28H39N7O5/c1-20(36)34-12-13-39-14-15-40-26-5-3-4-23(31-26)27(37)30-22-16-24(28(38)33-9-6-21(17-34)7-10-33)35(18-22)19-25-29-8-11-32(25)2/h3-5,8,11,21-22,24H,6-7,9-10,12-19H2,1-2H3,(H,30,37)/t22-,24-/m0/s1. The van der Waals surface area contributed by atoms with E-state index in [-0.39, 0.29) is 42.1 Å². The number of imidazole rings is 1. The first-order valence-corrected chi connectivity index (χ1v) is 14.1. The van der Waals surface area contributed by atoms with Crippen LogP contribution in [0.1, 0.15) is 42.5 Å². The maximum Gasteiger partial charge on any atom is 0.270 e. The van der Waals surface area contributed by atoms with Crippen LogP contribution in [0.2, 0.25) is 0 Å². The molecule has 0 saturated carbocycles. The molecule has 2 fully saturated rings. The van der Waals surface area contributed by atoms with Crippen LogP contribution < -0.4 is 10.1 Å². The van der Waals surface area contributed by atoms with Gasteiger partial charge in [0.1, 0.15) is 18.1 Å². The normalized spacial score (nSPS) is 25.3. The lowest BCUT2D eigenvalue weighted by Crippen LogP contribution is -2.49. The highest BCUT2D eigenvalue weighted by atomic mass is 16.5. The van der Waals surface area contributed by atoms with Crippen molar-refractivity contribution in [1.29, 1.82) is 0 Å². The van der Waals surface area contributed by atoms with Gasteiger partial charge < -0.3 is 29.2 Å². The quantitative estimate of drug-likeness (QED) is 0.539. The van der Waals surface area contributed by atoms with E-state index >= 15 is 0 Å². The lowest BCUT2D eigenvalue weighted by molar-refractivity contribution is -0.138. The maximum atomic E-state index is 13.8. The largest absolute Gasteiger partial charge is 0.475 e. The number of rotatable bonds is 2. The van der Waals surface area contributed by atoms with E-state index in [1.54, 1.807) is 31.3 Å². The van der Waals surface area contributed by atoms with Gasteiger partial charge in [0, 0.05) is 71.2 Å². The summed E-state index contributed by atoms with van der Waals surface area (Å²) in [6, 6.07) is 4.51. The van der Waals surface area contributed by atoms with E-state index in [2.05, 4.69) is 20.2 Å². The lowest BCUT2D eigenvalue weighted by atomic mass is 9.95. The van der Waals surface area contributed by atoms with Crippen LogP contribution in [0.5, 0.6) is 5.88 Å². The number of aryl methyl sites for hydroxylation is 1. The molecular formula is C28H39N7O5. The maximum absolute atomic E-state index is 13.8. The van der Waals surface area contributed by atoms with Gasteiger partial charge >= 0.3 is 0 Å². The van der Waals surface area contributed by atoms with Gasteiger partial charge in [0.15, 0.2) is 0 Å². The van der Waals surface area contributed by atoms with Crippen LogP contribution in [0, 0.1) is 5.92 Å². The number of carbonyl (C=O) groups excluding carboxylic acids is 3. The molecule has 2 aromatic rings. The average molecular weight is 554 g/mol. The summed E-state index contributed by atoms with van der Waals surface area (Å²) in [6.45, 7) is 6.16. The topological polar surface area (TPSA) is 122 Å². The van der Waals surface area contributed by atoms with Crippen LogP contribution >= 0.6 is 0 Å². The van der Waals surface area contributed by atoms with Crippen molar-refractivity contribution in [3.63, 3.8) is 0 Å². The molecule has 3 amide bonds. The van der Waals surface area contributed by atoms with Gasteiger partial charge in [-0.3, -0.25) is 19.3 Å². The molecule has 12 heteroatoms. The van der Waals surface area contributed by atoms with E-state index in [1.165, 1.54) is 0 Å². The summed E-state index contributed by atoms with van der Waals surface area (Å²) in [4.78, 5) is 54.0. The first kappa shape index (κ1) is 28.0. The second-order valence-electron chi connectivity index (χ2n) is 10.9. The highest BCUT2D eigenvalue weighted by Crippen LogP contribution is 2.26.